The van der Waals surface area contributed by atoms with E-state index in [4.69, 9.17) is 9.47 Å². The topological polar surface area (TPSA) is 38.8 Å². The van der Waals surface area contributed by atoms with Gasteiger partial charge in [0.05, 0.1) is 31.4 Å². The molecule has 1 aliphatic heterocycles. The zero-order valence-corrected chi connectivity index (χ0v) is 11.9. The Labute approximate surface area is 119 Å². The molecule has 108 valence electrons. The SMILES string of the molecule is COc1ccccc1C(=O)N1CCO[C@H]2CCCC[C@H]21. The van der Waals surface area contributed by atoms with Crippen molar-refractivity contribution in [1.29, 1.82) is 0 Å². The fraction of sp³-hybridized carbons (Fsp3) is 0.562. The van der Waals surface area contributed by atoms with Crippen LogP contribution < -0.4 is 4.74 Å². The van der Waals surface area contributed by atoms with Gasteiger partial charge in [0, 0.05) is 6.54 Å². The molecule has 2 atom stereocenters. The summed E-state index contributed by atoms with van der Waals surface area (Å²) in [6.07, 6.45) is 4.72. The number of amides is 1. The largest absolute Gasteiger partial charge is 0.496 e. The molecule has 0 radical (unpaired) electrons. The predicted molar refractivity (Wildman–Crippen MR) is 76.0 cm³/mol. The Morgan fingerprint density at radius 1 is 1.30 bits per heavy atom. The van der Waals surface area contributed by atoms with Gasteiger partial charge in [0.2, 0.25) is 0 Å². The highest BCUT2D eigenvalue weighted by Crippen LogP contribution is 2.30. The molecule has 0 unspecified atom stereocenters. The van der Waals surface area contributed by atoms with Crippen LogP contribution in [0.15, 0.2) is 24.3 Å². The summed E-state index contributed by atoms with van der Waals surface area (Å²) >= 11 is 0. The molecule has 1 aromatic rings. The van der Waals surface area contributed by atoms with Crippen LogP contribution in [0.25, 0.3) is 0 Å². The number of rotatable bonds is 2. The van der Waals surface area contributed by atoms with E-state index in [1.165, 1.54) is 12.8 Å². The molecule has 2 aliphatic rings. The van der Waals surface area contributed by atoms with Crippen LogP contribution in [0.3, 0.4) is 0 Å². The van der Waals surface area contributed by atoms with E-state index < -0.39 is 0 Å². The second-order valence-corrected chi connectivity index (χ2v) is 5.46. The Hall–Kier alpha value is -1.55. The van der Waals surface area contributed by atoms with Crippen LogP contribution >= 0.6 is 0 Å². The quantitative estimate of drug-likeness (QED) is 0.832. The van der Waals surface area contributed by atoms with Gasteiger partial charge in [0.15, 0.2) is 0 Å². The molecule has 1 aliphatic carbocycles. The van der Waals surface area contributed by atoms with Gasteiger partial charge < -0.3 is 14.4 Å². The molecule has 1 heterocycles. The minimum Gasteiger partial charge on any atom is -0.496 e. The highest BCUT2D eigenvalue weighted by molar-refractivity contribution is 5.97. The molecule has 0 spiro atoms. The van der Waals surface area contributed by atoms with E-state index in [0.29, 0.717) is 24.5 Å². The van der Waals surface area contributed by atoms with E-state index in [1.54, 1.807) is 7.11 Å². The third-order valence-corrected chi connectivity index (χ3v) is 4.33. The van der Waals surface area contributed by atoms with Gasteiger partial charge in [-0.15, -0.1) is 0 Å². The molecule has 1 aromatic carbocycles. The maximum atomic E-state index is 12.8. The van der Waals surface area contributed by atoms with Crippen molar-refractivity contribution in [3.8, 4) is 5.75 Å². The summed E-state index contributed by atoms with van der Waals surface area (Å²) in [5.74, 6) is 0.721. The highest BCUT2D eigenvalue weighted by atomic mass is 16.5. The lowest BCUT2D eigenvalue weighted by atomic mass is 9.89. The van der Waals surface area contributed by atoms with Crippen LogP contribution in [0.2, 0.25) is 0 Å². The number of para-hydroxylation sites is 1. The number of nitrogens with zero attached hydrogens (tertiary/aromatic N) is 1. The van der Waals surface area contributed by atoms with Crippen molar-refractivity contribution in [2.75, 3.05) is 20.3 Å². The summed E-state index contributed by atoms with van der Waals surface area (Å²) < 4.78 is 11.1. The molecule has 2 fully saturated rings. The highest BCUT2D eigenvalue weighted by Gasteiger charge is 2.37. The molecule has 3 rings (SSSR count). The summed E-state index contributed by atoms with van der Waals surface area (Å²) in [6.45, 7) is 1.32. The van der Waals surface area contributed by atoms with Crippen LogP contribution in [0.4, 0.5) is 0 Å². The lowest BCUT2D eigenvalue weighted by Crippen LogP contribution is -2.54. The first kappa shape index (κ1) is 13.4. The molecular formula is C16H21NO3. The van der Waals surface area contributed by atoms with Crippen molar-refractivity contribution in [2.45, 2.75) is 37.8 Å². The lowest BCUT2D eigenvalue weighted by molar-refractivity contribution is -0.0753. The number of morpholine rings is 1. The fourth-order valence-electron chi connectivity index (χ4n) is 3.32. The fourth-order valence-corrected chi connectivity index (χ4v) is 3.32. The minimum absolute atomic E-state index is 0.0719. The van der Waals surface area contributed by atoms with Gasteiger partial charge in [-0.3, -0.25) is 4.79 Å². The summed E-state index contributed by atoms with van der Waals surface area (Å²) in [5.41, 5.74) is 0.654. The number of ether oxygens (including phenoxy) is 2. The first-order valence-corrected chi connectivity index (χ1v) is 7.37. The standard InChI is InChI=1S/C16H21NO3/c1-19-14-8-4-2-6-12(14)16(18)17-10-11-20-15-9-5-3-7-13(15)17/h2,4,6,8,13,15H,3,5,7,9-11H2,1H3/t13-,15+/m1/s1. The van der Waals surface area contributed by atoms with Crippen molar-refractivity contribution >= 4 is 5.91 Å². The Bertz CT molecular complexity index is 486. The lowest BCUT2D eigenvalue weighted by Gasteiger charge is -2.43. The molecule has 4 nitrogen and oxygen atoms in total. The summed E-state index contributed by atoms with van der Waals surface area (Å²) in [4.78, 5) is 14.8. The maximum absolute atomic E-state index is 12.8. The molecule has 0 bridgehead atoms. The van der Waals surface area contributed by atoms with Gasteiger partial charge in [-0.05, 0) is 25.0 Å². The molecule has 0 N–H and O–H groups in total. The van der Waals surface area contributed by atoms with E-state index in [1.807, 2.05) is 29.2 Å². The first-order chi connectivity index (χ1) is 9.81. The van der Waals surface area contributed by atoms with Crippen molar-refractivity contribution < 1.29 is 14.3 Å². The minimum atomic E-state index is 0.0719. The van der Waals surface area contributed by atoms with E-state index in [-0.39, 0.29) is 18.1 Å². The molecule has 1 amide bonds. The van der Waals surface area contributed by atoms with Crippen LogP contribution in [-0.2, 0) is 4.74 Å². The van der Waals surface area contributed by atoms with Crippen molar-refractivity contribution in [3.05, 3.63) is 29.8 Å². The number of carbonyl (C=O) groups excluding carboxylic acids is 1. The zero-order valence-electron chi connectivity index (χ0n) is 11.9. The molecule has 20 heavy (non-hydrogen) atoms. The number of benzene rings is 1. The van der Waals surface area contributed by atoms with E-state index in [9.17, 15) is 4.79 Å². The Kier molecular flexibility index (Phi) is 3.92. The van der Waals surface area contributed by atoms with Gasteiger partial charge >= 0.3 is 0 Å². The Morgan fingerprint density at radius 3 is 2.95 bits per heavy atom. The molecule has 1 saturated heterocycles. The van der Waals surface area contributed by atoms with Crippen LogP contribution in [0.1, 0.15) is 36.0 Å². The van der Waals surface area contributed by atoms with Crippen LogP contribution in [-0.4, -0.2) is 43.2 Å². The summed E-state index contributed by atoms with van der Waals surface area (Å²) in [5, 5.41) is 0. The Balaban J connectivity index is 1.85. The van der Waals surface area contributed by atoms with Crippen molar-refractivity contribution in [1.82, 2.24) is 4.90 Å². The number of methoxy groups -OCH3 is 1. The zero-order chi connectivity index (χ0) is 13.9. The smallest absolute Gasteiger partial charge is 0.258 e. The molecule has 1 saturated carbocycles. The second kappa shape index (κ2) is 5.83. The van der Waals surface area contributed by atoms with Crippen LogP contribution in [0, 0.1) is 0 Å². The predicted octanol–water partition coefficient (Wildman–Crippen LogP) is 2.48. The van der Waals surface area contributed by atoms with Crippen molar-refractivity contribution in [3.63, 3.8) is 0 Å². The second-order valence-electron chi connectivity index (χ2n) is 5.46. The average molecular weight is 275 g/mol. The van der Waals surface area contributed by atoms with Gasteiger partial charge in [-0.1, -0.05) is 25.0 Å². The normalized spacial score (nSPS) is 25.9. The summed E-state index contributed by atoms with van der Waals surface area (Å²) in [7, 11) is 1.61. The number of fused-ring (bicyclic) bond motifs is 1. The average Bonchev–Trinajstić information content (AvgIpc) is 2.53. The van der Waals surface area contributed by atoms with E-state index >= 15 is 0 Å². The summed E-state index contributed by atoms with van der Waals surface area (Å²) in [6, 6.07) is 7.68. The van der Waals surface area contributed by atoms with Gasteiger partial charge in [-0.25, -0.2) is 0 Å². The monoisotopic (exact) mass is 275 g/mol. The third-order valence-electron chi connectivity index (χ3n) is 4.33. The third kappa shape index (κ3) is 2.40. The van der Waals surface area contributed by atoms with Gasteiger partial charge in [0.1, 0.15) is 5.75 Å². The maximum Gasteiger partial charge on any atom is 0.258 e. The first-order valence-electron chi connectivity index (χ1n) is 7.37. The Morgan fingerprint density at radius 2 is 2.10 bits per heavy atom. The molecule has 4 heteroatoms. The van der Waals surface area contributed by atoms with Gasteiger partial charge in [-0.2, -0.15) is 0 Å². The number of hydrogen-bond acceptors (Lipinski definition) is 3. The number of carbonyl (C=O) groups is 1. The van der Waals surface area contributed by atoms with E-state index in [2.05, 4.69) is 0 Å². The van der Waals surface area contributed by atoms with E-state index in [0.717, 1.165) is 12.8 Å². The molecular weight excluding hydrogens is 254 g/mol. The van der Waals surface area contributed by atoms with Gasteiger partial charge in [0.25, 0.3) is 5.91 Å². The molecule has 0 aromatic heterocycles. The van der Waals surface area contributed by atoms with Crippen LogP contribution in [0.5, 0.6) is 5.75 Å². The van der Waals surface area contributed by atoms with Crippen molar-refractivity contribution in [2.24, 2.45) is 0 Å². The number of hydrogen-bond donors (Lipinski definition) is 0.